The zero-order valence-electron chi connectivity index (χ0n) is 14.3. The number of fused-ring (bicyclic) bond motifs is 2. The summed E-state index contributed by atoms with van der Waals surface area (Å²) in [7, 11) is 0. The number of carboxylic acids is 1. The highest BCUT2D eigenvalue weighted by Crippen LogP contribution is 2.36. The van der Waals surface area contributed by atoms with Crippen molar-refractivity contribution in [2.75, 3.05) is 0 Å². The molecule has 1 aromatic heterocycles. The lowest BCUT2D eigenvalue weighted by Crippen LogP contribution is -2.07. The topological polar surface area (TPSA) is 59.4 Å². The summed E-state index contributed by atoms with van der Waals surface area (Å²) >= 11 is 0. The normalized spacial score (nSPS) is 15.0. The molecule has 0 saturated carbocycles. The van der Waals surface area contributed by atoms with E-state index in [1.165, 1.54) is 6.08 Å². The minimum atomic E-state index is -0.903. The van der Waals surface area contributed by atoms with Crippen LogP contribution >= 0.6 is 0 Å². The molecule has 0 saturated heterocycles. The van der Waals surface area contributed by atoms with E-state index in [-0.39, 0.29) is 0 Å². The third-order valence-corrected chi connectivity index (χ3v) is 4.68. The molecule has 0 spiro atoms. The third-order valence-electron chi connectivity index (χ3n) is 4.68. The molecule has 0 radical (unpaired) electrons. The lowest BCUT2D eigenvalue weighted by atomic mass is 9.86. The fourth-order valence-electron chi connectivity index (χ4n) is 3.49. The Morgan fingerprint density at radius 2 is 1.96 bits per heavy atom. The lowest BCUT2D eigenvalue weighted by molar-refractivity contribution is -0.131. The zero-order valence-corrected chi connectivity index (χ0v) is 14.3. The summed E-state index contributed by atoms with van der Waals surface area (Å²) in [5.74, 6) is -0.0898. The van der Waals surface area contributed by atoms with Crippen LogP contribution in [-0.2, 0) is 17.8 Å². The summed E-state index contributed by atoms with van der Waals surface area (Å²) < 4.78 is 6.06. The first kappa shape index (κ1) is 16.3. The average molecular weight is 345 g/mol. The smallest absolute Gasteiger partial charge is 0.328 e. The maximum absolute atomic E-state index is 11.1. The number of carboxylic acid groups (broad SMARTS) is 1. The van der Waals surface area contributed by atoms with Gasteiger partial charge in [0.25, 0.3) is 0 Å². The van der Waals surface area contributed by atoms with E-state index in [2.05, 4.69) is 11.1 Å². The van der Waals surface area contributed by atoms with E-state index in [1.54, 1.807) is 0 Å². The first-order chi connectivity index (χ1) is 12.7. The van der Waals surface area contributed by atoms with Crippen LogP contribution in [0.3, 0.4) is 0 Å². The zero-order chi connectivity index (χ0) is 17.9. The lowest BCUT2D eigenvalue weighted by Gasteiger charge is -2.21. The quantitative estimate of drug-likeness (QED) is 0.701. The Hall–Kier alpha value is -3.14. The molecule has 1 heterocycles. The number of ether oxygens (including phenoxy) is 1. The Labute approximate surface area is 151 Å². The highest BCUT2D eigenvalue weighted by atomic mass is 16.5. The van der Waals surface area contributed by atoms with E-state index in [0.717, 1.165) is 58.3 Å². The first-order valence-corrected chi connectivity index (χ1v) is 8.74. The molecule has 130 valence electrons. The van der Waals surface area contributed by atoms with Gasteiger partial charge in [-0.05, 0) is 48.6 Å². The van der Waals surface area contributed by atoms with Crippen LogP contribution in [-0.4, -0.2) is 16.1 Å². The van der Waals surface area contributed by atoms with E-state index >= 15 is 0 Å². The Bertz CT molecular complexity index is 1010. The molecule has 3 aromatic rings. The Balaban J connectivity index is 1.59. The largest absolute Gasteiger partial charge is 0.487 e. The number of para-hydroxylation sites is 1. The fraction of sp³-hybridized carbons (Fsp3) is 0.182. The predicted octanol–water partition coefficient (Wildman–Crippen LogP) is 4.62. The standard InChI is InChI=1S/C22H19NO3/c24-22(25)13-16-6-3-8-19-18(16)7-4-10-21(19)26-14-17-12-11-15-5-1-2-9-20(15)23-17/h1-2,4-5,7,9-13H,3,6,8,14H2,(H,24,25)/b16-13+. The molecule has 4 rings (SSSR count). The van der Waals surface area contributed by atoms with Crippen LogP contribution < -0.4 is 4.74 Å². The van der Waals surface area contributed by atoms with Gasteiger partial charge in [0.1, 0.15) is 12.4 Å². The number of benzene rings is 2. The van der Waals surface area contributed by atoms with E-state index < -0.39 is 5.97 Å². The van der Waals surface area contributed by atoms with Crippen LogP contribution in [0.15, 0.2) is 60.7 Å². The van der Waals surface area contributed by atoms with E-state index in [1.807, 2.05) is 48.5 Å². The Morgan fingerprint density at radius 1 is 1.08 bits per heavy atom. The average Bonchev–Trinajstić information content (AvgIpc) is 2.66. The number of aromatic nitrogens is 1. The molecule has 0 atom stereocenters. The molecule has 2 aromatic carbocycles. The summed E-state index contributed by atoms with van der Waals surface area (Å²) in [4.78, 5) is 15.7. The van der Waals surface area contributed by atoms with Gasteiger partial charge in [-0.15, -0.1) is 0 Å². The molecule has 1 N–H and O–H groups in total. The van der Waals surface area contributed by atoms with Gasteiger partial charge in [0.05, 0.1) is 11.2 Å². The maximum Gasteiger partial charge on any atom is 0.328 e. The van der Waals surface area contributed by atoms with Crippen LogP contribution in [0.2, 0.25) is 0 Å². The number of nitrogens with zero attached hydrogens (tertiary/aromatic N) is 1. The molecule has 0 bridgehead atoms. The van der Waals surface area contributed by atoms with Crippen molar-refractivity contribution in [1.82, 2.24) is 4.98 Å². The number of carbonyl (C=O) groups is 1. The maximum atomic E-state index is 11.1. The molecule has 0 unspecified atom stereocenters. The van der Waals surface area contributed by atoms with Gasteiger partial charge in [-0.3, -0.25) is 0 Å². The minimum absolute atomic E-state index is 0.388. The molecule has 0 amide bonds. The number of aliphatic carboxylic acids is 1. The Morgan fingerprint density at radius 3 is 2.85 bits per heavy atom. The van der Waals surface area contributed by atoms with Gasteiger partial charge in [0.15, 0.2) is 0 Å². The minimum Gasteiger partial charge on any atom is -0.487 e. The van der Waals surface area contributed by atoms with Gasteiger partial charge >= 0.3 is 5.97 Å². The van der Waals surface area contributed by atoms with Crippen molar-refractivity contribution in [3.8, 4) is 5.75 Å². The van der Waals surface area contributed by atoms with Crippen LogP contribution in [0, 0.1) is 0 Å². The fourth-order valence-corrected chi connectivity index (χ4v) is 3.49. The van der Waals surface area contributed by atoms with Gasteiger partial charge in [0, 0.05) is 17.0 Å². The van der Waals surface area contributed by atoms with Crippen molar-refractivity contribution in [1.29, 1.82) is 0 Å². The number of allylic oxidation sites excluding steroid dienone is 1. The first-order valence-electron chi connectivity index (χ1n) is 8.74. The number of hydrogen-bond acceptors (Lipinski definition) is 3. The van der Waals surface area contributed by atoms with Crippen molar-refractivity contribution in [3.05, 3.63) is 77.5 Å². The second kappa shape index (κ2) is 7.00. The predicted molar refractivity (Wildman–Crippen MR) is 101 cm³/mol. The number of hydrogen-bond donors (Lipinski definition) is 1. The van der Waals surface area contributed by atoms with E-state index in [4.69, 9.17) is 9.84 Å². The van der Waals surface area contributed by atoms with Crippen LogP contribution in [0.1, 0.15) is 29.7 Å². The molecular formula is C22H19NO3. The van der Waals surface area contributed by atoms with Gasteiger partial charge in [-0.25, -0.2) is 9.78 Å². The molecule has 4 heteroatoms. The van der Waals surface area contributed by atoms with Crippen LogP contribution in [0.25, 0.3) is 16.5 Å². The van der Waals surface area contributed by atoms with Crippen molar-refractivity contribution in [2.45, 2.75) is 25.9 Å². The molecule has 1 aliphatic carbocycles. The third kappa shape index (κ3) is 3.31. The van der Waals surface area contributed by atoms with Crippen LogP contribution in [0.4, 0.5) is 0 Å². The van der Waals surface area contributed by atoms with E-state index in [9.17, 15) is 4.79 Å². The molecule has 4 nitrogen and oxygen atoms in total. The summed E-state index contributed by atoms with van der Waals surface area (Å²) in [5, 5.41) is 10.2. The van der Waals surface area contributed by atoms with E-state index in [0.29, 0.717) is 6.61 Å². The van der Waals surface area contributed by atoms with Gasteiger partial charge < -0.3 is 9.84 Å². The van der Waals surface area contributed by atoms with Crippen molar-refractivity contribution in [3.63, 3.8) is 0 Å². The van der Waals surface area contributed by atoms with Gasteiger partial charge in [0.2, 0.25) is 0 Å². The summed E-state index contributed by atoms with van der Waals surface area (Å²) in [6.07, 6.45) is 3.93. The summed E-state index contributed by atoms with van der Waals surface area (Å²) in [5.41, 5.74) is 4.77. The molecular weight excluding hydrogens is 326 g/mol. The van der Waals surface area contributed by atoms with Crippen molar-refractivity contribution >= 4 is 22.4 Å². The second-order valence-corrected chi connectivity index (χ2v) is 6.43. The molecule has 1 aliphatic rings. The van der Waals surface area contributed by atoms with Gasteiger partial charge in [-0.1, -0.05) is 36.4 Å². The molecule has 0 fully saturated rings. The highest BCUT2D eigenvalue weighted by molar-refractivity contribution is 5.91. The van der Waals surface area contributed by atoms with Gasteiger partial charge in [-0.2, -0.15) is 0 Å². The SMILES string of the molecule is O=C(O)/C=C1\CCCc2c(OCc3ccc4ccccc4n3)cccc21. The van der Waals surface area contributed by atoms with Crippen LogP contribution in [0.5, 0.6) is 5.75 Å². The van der Waals surface area contributed by atoms with Crippen molar-refractivity contribution < 1.29 is 14.6 Å². The molecule has 0 aliphatic heterocycles. The number of rotatable bonds is 4. The van der Waals surface area contributed by atoms with Crippen molar-refractivity contribution in [2.24, 2.45) is 0 Å². The monoisotopic (exact) mass is 345 g/mol. The Kier molecular flexibility index (Phi) is 4.40. The molecule has 26 heavy (non-hydrogen) atoms. The second-order valence-electron chi connectivity index (χ2n) is 6.43. The highest BCUT2D eigenvalue weighted by Gasteiger charge is 2.18. The number of pyridine rings is 1. The summed E-state index contributed by atoms with van der Waals surface area (Å²) in [6, 6.07) is 17.9. The summed E-state index contributed by atoms with van der Waals surface area (Å²) in [6.45, 7) is 0.388.